The van der Waals surface area contributed by atoms with Gasteiger partial charge in [0.25, 0.3) is 0 Å². The van der Waals surface area contributed by atoms with Crippen LogP contribution >= 0.6 is 0 Å². The topological polar surface area (TPSA) is 78.5 Å². The fourth-order valence-corrected chi connectivity index (χ4v) is 3.33. The highest BCUT2D eigenvalue weighted by Crippen LogP contribution is 2.19. The predicted molar refractivity (Wildman–Crippen MR) is 99.5 cm³/mol. The number of carbonyl (C=O) groups excluding carboxylic acids is 3. The Morgan fingerprint density at radius 3 is 2.73 bits per heavy atom. The Kier molecular flexibility index (Phi) is 5.51. The van der Waals surface area contributed by atoms with Gasteiger partial charge in [0.1, 0.15) is 6.04 Å². The van der Waals surface area contributed by atoms with Crippen LogP contribution in [0, 0.1) is 0 Å². The van der Waals surface area contributed by atoms with E-state index in [1.54, 1.807) is 11.9 Å². The number of likely N-dealkylation sites (N-methyl/N-ethyl adjacent to an activating group) is 1. The number of fused-ring (bicyclic) bond motifs is 1. The summed E-state index contributed by atoms with van der Waals surface area (Å²) in [6.45, 7) is 0.335. The zero-order valence-electron chi connectivity index (χ0n) is 14.8. The quantitative estimate of drug-likeness (QED) is 0.868. The zero-order valence-corrected chi connectivity index (χ0v) is 14.8. The molecule has 26 heavy (non-hydrogen) atoms. The summed E-state index contributed by atoms with van der Waals surface area (Å²) in [7, 11) is 1.58. The summed E-state index contributed by atoms with van der Waals surface area (Å²) in [5, 5.41) is 7.51. The van der Waals surface area contributed by atoms with Crippen molar-refractivity contribution < 1.29 is 14.4 Å². The van der Waals surface area contributed by atoms with E-state index in [2.05, 4.69) is 16.7 Å². The molecule has 1 heterocycles. The average molecular weight is 353 g/mol. The molecular weight excluding hydrogens is 330 g/mol. The molecule has 2 aromatic rings. The monoisotopic (exact) mass is 353 g/mol. The molecule has 6 nitrogen and oxygen atoms in total. The average Bonchev–Trinajstić information content (AvgIpc) is 2.66. The van der Waals surface area contributed by atoms with Crippen LogP contribution in [0.3, 0.4) is 0 Å². The van der Waals surface area contributed by atoms with Crippen molar-refractivity contribution in [2.24, 2.45) is 0 Å². The lowest BCUT2D eigenvalue weighted by Gasteiger charge is -2.32. The van der Waals surface area contributed by atoms with Gasteiger partial charge in [-0.15, -0.1) is 0 Å². The van der Waals surface area contributed by atoms with E-state index >= 15 is 0 Å². The van der Waals surface area contributed by atoms with Crippen molar-refractivity contribution in [2.45, 2.75) is 25.3 Å². The minimum atomic E-state index is -0.594. The summed E-state index contributed by atoms with van der Waals surface area (Å²) in [6, 6.07) is 13.5. The molecule has 3 amide bonds. The van der Waals surface area contributed by atoms with E-state index in [9.17, 15) is 14.4 Å². The number of hydrogen-bond donors (Lipinski definition) is 2. The van der Waals surface area contributed by atoms with Crippen molar-refractivity contribution in [1.29, 1.82) is 0 Å². The lowest BCUT2D eigenvalue weighted by atomic mass is 9.99. The molecule has 0 aromatic heterocycles. The van der Waals surface area contributed by atoms with Crippen molar-refractivity contribution >= 4 is 28.5 Å². The van der Waals surface area contributed by atoms with Gasteiger partial charge in [-0.2, -0.15) is 0 Å². The molecule has 6 heteroatoms. The molecule has 2 N–H and O–H groups in total. The molecule has 0 radical (unpaired) electrons. The molecule has 1 aliphatic heterocycles. The highest BCUT2D eigenvalue weighted by atomic mass is 16.2. The van der Waals surface area contributed by atoms with Gasteiger partial charge in [-0.05, 0) is 22.8 Å². The van der Waals surface area contributed by atoms with E-state index < -0.39 is 6.04 Å². The molecule has 0 aliphatic carbocycles. The maximum atomic E-state index is 12.5. The lowest BCUT2D eigenvalue weighted by Crippen LogP contribution is -2.54. The Morgan fingerprint density at radius 1 is 1.19 bits per heavy atom. The van der Waals surface area contributed by atoms with Crippen molar-refractivity contribution in [3.8, 4) is 0 Å². The normalized spacial score (nSPS) is 16.6. The van der Waals surface area contributed by atoms with Crippen LogP contribution in [-0.2, 0) is 20.8 Å². The SMILES string of the molecule is CNC(=O)C(Cc1ccc2ccccc2c1)N1CCCC(=O)NCC1=O. The maximum Gasteiger partial charge on any atom is 0.242 e. The molecule has 1 aliphatic rings. The van der Waals surface area contributed by atoms with Gasteiger partial charge in [0.15, 0.2) is 0 Å². The van der Waals surface area contributed by atoms with Crippen molar-refractivity contribution in [3.63, 3.8) is 0 Å². The van der Waals surface area contributed by atoms with Crippen molar-refractivity contribution in [3.05, 3.63) is 48.0 Å². The van der Waals surface area contributed by atoms with Crippen LogP contribution in [0.1, 0.15) is 18.4 Å². The highest BCUT2D eigenvalue weighted by molar-refractivity contribution is 5.91. The molecular formula is C20H23N3O3. The third-order valence-electron chi connectivity index (χ3n) is 4.73. The van der Waals surface area contributed by atoms with Crippen LogP contribution < -0.4 is 10.6 Å². The number of carbonyl (C=O) groups is 3. The number of benzene rings is 2. The van der Waals surface area contributed by atoms with Gasteiger partial charge in [-0.3, -0.25) is 14.4 Å². The molecule has 0 bridgehead atoms. The van der Waals surface area contributed by atoms with Gasteiger partial charge in [0.05, 0.1) is 6.54 Å². The Hall–Kier alpha value is -2.89. The fraction of sp³-hybridized carbons (Fsp3) is 0.350. The largest absolute Gasteiger partial charge is 0.357 e. The van der Waals surface area contributed by atoms with E-state index in [1.807, 2.05) is 36.4 Å². The summed E-state index contributed by atoms with van der Waals surface area (Å²) in [6.07, 6.45) is 1.34. The second kappa shape index (κ2) is 7.99. The number of hydrogen-bond acceptors (Lipinski definition) is 3. The second-order valence-electron chi connectivity index (χ2n) is 6.48. The summed E-state index contributed by atoms with van der Waals surface area (Å²) in [5.74, 6) is -0.546. The molecule has 1 atom stereocenters. The van der Waals surface area contributed by atoms with Gasteiger partial charge in [-0.25, -0.2) is 0 Å². The Bertz CT molecular complexity index is 834. The molecule has 2 aromatic carbocycles. The fourth-order valence-electron chi connectivity index (χ4n) is 3.33. The zero-order chi connectivity index (χ0) is 18.5. The van der Waals surface area contributed by atoms with Crippen LogP contribution in [0.5, 0.6) is 0 Å². The molecule has 0 spiro atoms. The van der Waals surface area contributed by atoms with Gasteiger partial charge < -0.3 is 15.5 Å². The second-order valence-corrected chi connectivity index (χ2v) is 6.48. The van der Waals surface area contributed by atoms with Crippen LogP contribution in [0.4, 0.5) is 0 Å². The van der Waals surface area contributed by atoms with E-state index in [4.69, 9.17) is 0 Å². The summed E-state index contributed by atoms with van der Waals surface area (Å²) < 4.78 is 0. The highest BCUT2D eigenvalue weighted by Gasteiger charge is 2.30. The molecule has 1 saturated heterocycles. The number of nitrogens with one attached hydrogen (secondary N) is 2. The number of amides is 3. The third kappa shape index (κ3) is 4.02. The minimum Gasteiger partial charge on any atom is -0.357 e. The van der Waals surface area contributed by atoms with Crippen molar-refractivity contribution in [2.75, 3.05) is 20.1 Å². The molecule has 3 rings (SSSR count). The first-order valence-electron chi connectivity index (χ1n) is 8.84. The first-order chi connectivity index (χ1) is 12.6. The van der Waals surface area contributed by atoms with E-state index in [0.717, 1.165) is 16.3 Å². The Labute approximate surface area is 152 Å². The Balaban J connectivity index is 1.85. The van der Waals surface area contributed by atoms with Crippen LogP contribution in [0.2, 0.25) is 0 Å². The number of nitrogens with zero attached hydrogens (tertiary/aromatic N) is 1. The maximum absolute atomic E-state index is 12.5. The van der Waals surface area contributed by atoms with Gasteiger partial charge in [0, 0.05) is 26.4 Å². The predicted octanol–water partition coefficient (Wildman–Crippen LogP) is 1.24. The van der Waals surface area contributed by atoms with E-state index in [-0.39, 0.29) is 24.3 Å². The third-order valence-corrected chi connectivity index (χ3v) is 4.73. The molecule has 136 valence electrons. The smallest absolute Gasteiger partial charge is 0.242 e. The molecule has 0 saturated carbocycles. The summed E-state index contributed by atoms with van der Waals surface area (Å²) in [5.41, 5.74) is 0.996. The minimum absolute atomic E-state index is 0.0654. The van der Waals surface area contributed by atoms with Crippen LogP contribution in [-0.4, -0.2) is 48.8 Å². The van der Waals surface area contributed by atoms with Crippen LogP contribution in [0.25, 0.3) is 10.8 Å². The molecule has 1 unspecified atom stereocenters. The van der Waals surface area contributed by atoms with E-state index in [0.29, 0.717) is 25.8 Å². The van der Waals surface area contributed by atoms with Gasteiger partial charge in [0.2, 0.25) is 17.7 Å². The van der Waals surface area contributed by atoms with Crippen LogP contribution in [0.15, 0.2) is 42.5 Å². The first kappa shape index (κ1) is 17.9. The van der Waals surface area contributed by atoms with E-state index in [1.165, 1.54) is 0 Å². The van der Waals surface area contributed by atoms with Gasteiger partial charge in [-0.1, -0.05) is 42.5 Å². The van der Waals surface area contributed by atoms with Crippen molar-refractivity contribution in [1.82, 2.24) is 15.5 Å². The molecule has 1 fully saturated rings. The summed E-state index contributed by atoms with van der Waals surface area (Å²) >= 11 is 0. The lowest BCUT2D eigenvalue weighted by molar-refractivity contribution is -0.141. The first-order valence-corrected chi connectivity index (χ1v) is 8.84. The summed E-state index contributed by atoms with van der Waals surface area (Å²) in [4.78, 5) is 38.1. The number of rotatable bonds is 4. The van der Waals surface area contributed by atoms with Gasteiger partial charge >= 0.3 is 0 Å². The standard InChI is InChI=1S/C20H23N3O3/c1-21-20(26)17(23-10-4-7-18(24)22-13-19(23)25)12-14-8-9-15-5-2-3-6-16(15)11-14/h2-3,5-6,8-9,11,17H,4,7,10,12-13H2,1H3,(H,21,26)(H,22,24). The Morgan fingerprint density at radius 2 is 1.96 bits per heavy atom.